The molecule has 0 heterocycles. The predicted molar refractivity (Wildman–Crippen MR) is 55.2 cm³/mol. The molecule has 1 aromatic rings. The fourth-order valence-electron chi connectivity index (χ4n) is 1.92. The van der Waals surface area contributed by atoms with Crippen LogP contribution in [0.4, 0.5) is 0 Å². The Kier molecular flexibility index (Phi) is 2.41. The summed E-state index contributed by atoms with van der Waals surface area (Å²) in [4.78, 5) is 10.9. The highest BCUT2D eigenvalue weighted by atomic mass is 35.5. The maximum atomic E-state index is 10.9. The van der Waals surface area contributed by atoms with Gasteiger partial charge in [0.1, 0.15) is 0 Å². The van der Waals surface area contributed by atoms with Gasteiger partial charge in [0, 0.05) is 10.0 Å². The zero-order valence-electron chi connectivity index (χ0n) is 7.26. The van der Waals surface area contributed by atoms with Crippen molar-refractivity contribution in [3.05, 3.63) is 33.3 Å². The molecule has 1 N–H and O–H groups in total. The smallest absolute Gasteiger partial charge is 0.311 e. The minimum absolute atomic E-state index is 0.490. The van der Waals surface area contributed by atoms with Gasteiger partial charge < -0.3 is 5.11 Å². The summed E-state index contributed by atoms with van der Waals surface area (Å²) in [5.74, 6) is -1.32. The number of benzene rings is 1. The standard InChI is InChI=1S/C10H8Cl2O2/c11-7-3-4-8(12)9-5(7)1-2-6(9)10(13)14/h3-4,6H,1-2H2,(H,13,14)/t6-/m0/s1. The van der Waals surface area contributed by atoms with Crippen molar-refractivity contribution in [3.8, 4) is 0 Å². The lowest BCUT2D eigenvalue weighted by atomic mass is 10.0. The Bertz CT molecular complexity index is 401. The molecule has 0 bridgehead atoms. The lowest BCUT2D eigenvalue weighted by molar-refractivity contribution is -0.138. The largest absolute Gasteiger partial charge is 0.481 e. The fourth-order valence-corrected chi connectivity index (χ4v) is 2.49. The second kappa shape index (κ2) is 3.44. The molecular weight excluding hydrogens is 223 g/mol. The van der Waals surface area contributed by atoms with Crippen molar-refractivity contribution < 1.29 is 9.90 Å². The highest BCUT2D eigenvalue weighted by molar-refractivity contribution is 6.34. The highest BCUT2D eigenvalue weighted by Crippen LogP contribution is 2.41. The zero-order valence-corrected chi connectivity index (χ0v) is 8.77. The molecule has 0 unspecified atom stereocenters. The number of rotatable bonds is 1. The summed E-state index contributed by atoms with van der Waals surface area (Å²) in [6.45, 7) is 0. The molecule has 0 aliphatic heterocycles. The van der Waals surface area contributed by atoms with Gasteiger partial charge >= 0.3 is 5.97 Å². The topological polar surface area (TPSA) is 37.3 Å². The minimum Gasteiger partial charge on any atom is -0.481 e. The maximum Gasteiger partial charge on any atom is 0.311 e. The van der Waals surface area contributed by atoms with Gasteiger partial charge in [0.2, 0.25) is 0 Å². The molecule has 0 radical (unpaired) electrons. The number of aliphatic carboxylic acids is 1. The Balaban J connectivity index is 2.58. The number of halogens is 2. The molecule has 2 rings (SSSR count). The summed E-state index contributed by atoms with van der Waals surface area (Å²) in [6, 6.07) is 3.37. The van der Waals surface area contributed by atoms with Gasteiger partial charge in [-0.1, -0.05) is 23.2 Å². The quantitative estimate of drug-likeness (QED) is 0.806. The van der Waals surface area contributed by atoms with Crippen molar-refractivity contribution in [2.24, 2.45) is 0 Å². The molecule has 0 saturated heterocycles. The van der Waals surface area contributed by atoms with Crippen molar-refractivity contribution in [1.82, 2.24) is 0 Å². The number of hydrogen-bond donors (Lipinski definition) is 1. The highest BCUT2D eigenvalue weighted by Gasteiger charge is 2.31. The molecule has 0 fully saturated rings. The van der Waals surface area contributed by atoms with Crippen LogP contribution in [-0.2, 0) is 11.2 Å². The van der Waals surface area contributed by atoms with E-state index in [1.165, 1.54) is 0 Å². The van der Waals surface area contributed by atoms with Crippen LogP contribution in [0.15, 0.2) is 12.1 Å². The number of fused-ring (bicyclic) bond motifs is 1. The molecular formula is C10H8Cl2O2. The van der Waals surface area contributed by atoms with Crippen molar-refractivity contribution in [3.63, 3.8) is 0 Å². The number of carboxylic acid groups (broad SMARTS) is 1. The van der Waals surface area contributed by atoms with Crippen molar-refractivity contribution in [1.29, 1.82) is 0 Å². The second-order valence-electron chi connectivity index (χ2n) is 3.35. The third-order valence-electron chi connectivity index (χ3n) is 2.58. The van der Waals surface area contributed by atoms with Crippen molar-refractivity contribution in [2.75, 3.05) is 0 Å². The minimum atomic E-state index is -0.826. The van der Waals surface area contributed by atoms with Crippen LogP contribution in [0, 0.1) is 0 Å². The van der Waals surface area contributed by atoms with Gasteiger partial charge in [-0.25, -0.2) is 0 Å². The first-order valence-electron chi connectivity index (χ1n) is 4.31. The van der Waals surface area contributed by atoms with Crippen LogP contribution < -0.4 is 0 Å². The molecule has 0 aromatic heterocycles. The molecule has 2 nitrogen and oxygen atoms in total. The number of hydrogen-bond acceptors (Lipinski definition) is 1. The molecule has 0 amide bonds. The third kappa shape index (κ3) is 1.39. The summed E-state index contributed by atoms with van der Waals surface area (Å²) in [7, 11) is 0. The summed E-state index contributed by atoms with van der Waals surface area (Å²) < 4.78 is 0. The van der Waals surface area contributed by atoms with Gasteiger partial charge in [-0.3, -0.25) is 4.79 Å². The predicted octanol–water partition coefficient (Wildman–Crippen LogP) is 3.11. The van der Waals surface area contributed by atoms with Crippen LogP contribution in [0.25, 0.3) is 0 Å². The lowest BCUT2D eigenvalue weighted by Gasteiger charge is -2.08. The Morgan fingerprint density at radius 2 is 2.00 bits per heavy atom. The van der Waals surface area contributed by atoms with Gasteiger partial charge in [0.15, 0.2) is 0 Å². The van der Waals surface area contributed by atoms with Crippen LogP contribution in [0.1, 0.15) is 23.5 Å². The fraction of sp³-hybridized carbons (Fsp3) is 0.300. The summed E-state index contributed by atoms with van der Waals surface area (Å²) in [6.07, 6.45) is 1.29. The van der Waals surface area contributed by atoms with E-state index in [0.717, 1.165) is 5.56 Å². The van der Waals surface area contributed by atoms with Gasteiger partial charge in [-0.2, -0.15) is 0 Å². The van der Waals surface area contributed by atoms with E-state index < -0.39 is 11.9 Å². The van der Waals surface area contributed by atoms with Gasteiger partial charge in [0.05, 0.1) is 5.92 Å². The Morgan fingerprint density at radius 3 is 2.64 bits per heavy atom. The molecule has 1 aliphatic rings. The Hall–Kier alpha value is -0.730. The summed E-state index contributed by atoms with van der Waals surface area (Å²) in [5, 5.41) is 10.1. The molecule has 1 aromatic carbocycles. The molecule has 4 heteroatoms. The van der Waals surface area contributed by atoms with Crippen molar-refractivity contribution >= 4 is 29.2 Å². The molecule has 0 saturated carbocycles. The first kappa shape index (κ1) is 9.81. The van der Waals surface area contributed by atoms with Gasteiger partial charge in [-0.15, -0.1) is 0 Å². The first-order valence-corrected chi connectivity index (χ1v) is 5.06. The first-order chi connectivity index (χ1) is 6.61. The van der Waals surface area contributed by atoms with E-state index in [1.54, 1.807) is 12.1 Å². The van der Waals surface area contributed by atoms with Gasteiger partial charge in [0.25, 0.3) is 0 Å². The average molecular weight is 231 g/mol. The Labute approximate surface area is 91.4 Å². The Morgan fingerprint density at radius 1 is 1.36 bits per heavy atom. The second-order valence-corrected chi connectivity index (χ2v) is 4.17. The van der Waals surface area contributed by atoms with Crippen molar-refractivity contribution in [2.45, 2.75) is 18.8 Å². The summed E-state index contributed by atoms with van der Waals surface area (Å²) in [5.41, 5.74) is 1.60. The monoisotopic (exact) mass is 230 g/mol. The van der Waals surface area contributed by atoms with E-state index in [9.17, 15) is 4.79 Å². The van der Waals surface area contributed by atoms with E-state index in [4.69, 9.17) is 28.3 Å². The van der Waals surface area contributed by atoms with Crippen LogP contribution in [0.5, 0.6) is 0 Å². The molecule has 14 heavy (non-hydrogen) atoms. The zero-order chi connectivity index (χ0) is 10.3. The van der Waals surface area contributed by atoms with E-state index in [2.05, 4.69) is 0 Å². The number of carbonyl (C=O) groups is 1. The van der Waals surface area contributed by atoms with Crippen LogP contribution >= 0.6 is 23.2 Å². The lowest BCUT2D eigenvalue weighted by Crippen LogP contribution is -2.08. The average Bonchev–Trinajstić information content (AvgIpc) is 2.56. The van der Waals surface area contributed by atoms with E-state index >= 15 is 0 Å². The molecule has 74 valence electrons. The van der Waals surface area contributed by atoms with E-state index in [1.807, 2.05) is 0 Å². The van der Waals surface area contributed by atoms with E-state index in [0.29, 0.717) is 28.5 Å². The molecule has 0 spiro atoms. The van der Waals surface area contributed by atoms with Crippen LogP contribution in [0.2, 0.25) is 10.0 Å². The van der Waals surface area contributed by atoms with E-state index in [-0.39, 0.29) is 0 Å². The van der Waals surface area contributed by atoms with Gasteiger partial charge in [-0.05, 0) is 36.1 Å². The number of carboxylic acids is 1. The SMILES string of the molecule is O=C(O)[C@H]1CCc2c(Cl)ccc(Cl)c21. The molecule has 1 aliphatic carbocycles. The third-order valence-corrected chi connectivity index (χ3v) is 3.26. The van der Waals surface area contributed by atoms with Crippen LogP contribution in [0.3, 0.4) is 0 Å². The summed E-state index contributed by atoms with van der Waals surface area (Å²) >= 11 is 11.9. The molecule has 1 atom stereocenters. The van der Waals surface area contributed by atoms with Crippen LogP contribution in [-0.4, -0.2) is 11.1 Å². The maximum absolute atomic E-state index is 10.9. The normalized spacial score (nSPS) is 19.4.